The Morgan fingerprint density at radius 2 is 1.97 bits per heavy atom. The van der Waals surface area contributed by atoms with Gasteiger partial charge in [-0.05, 0) is 41.3 Å². The normalized spacial score (nSPS) is 13.9. The smallest absolute Gasteiger partial charge is 0.243 e. The molecule has 8 nitrogen and oxygen atoms in total. The fourth-order valence-corrected chi connectivity index (χ4v) is 3.83. The first-order chi connectivity index (χ1) is 16.1. The van der Waals surface area contributed by atoms with E-state index in [2.05, 4.69) is 21.7 Å². The van der Waals surface area contributed by atoms with Crippen LogP contribution in [0.3, 0.4) is 0 Å². The zero-order valence-corrected chi connectivity index (χ0v) is 17.5. The van der Waals surface area contributed by atoms with Crippen LogP contribution in [0.25, 0.3) is 10.8 Å². The molecule has 8 heteroatoms. The first kappa shape index (κ1) is 20.3. The predicted molar refractivity (Wildman–Crippen MR) is 122 cm³/mol. The first-order valence-corrected chi connectivity index (χ1v) is 10.4. The minimum atomic E-state index is -0.335. The summed E-state index contributed by atoms with van der Waals surface area (Å²) in [7, 11) is 0. The molecule has 2 heterocycles. The van der Waals surface area contributed by atoms with Crippen molar-refractivity contribution < 1.29 is 14.3 Å². The molecule has 0 fully saturated rings. The second-order valence-corrected chi connectivity index (χ2v) is 7.75. The topological polar surface area (TPSA) is 109 Å². The Hall–Kier alpha value is -4.64. The van der Waals surface area contributed by atoms with Gasteiger partial charge in [-0.15, -0.1) is 0 Å². The number of hydrogen-bond donors (Lipinski definition) is 2. The zero-order chi connectivity index (χ0) is 22.8. The van der Waals surface area contributed by atoms with Crippen molar-refractivity contribution in [1.82, 2.24) is 14.9 Å². The number of nitriles is 1. The summed E-state index contributed by atoms with van der Waals surface area (Å²) in [5, 5.41) is 16.8. The molecule has 4 aromatic rings. The van der Waals surface area contributed by atoms with E-state index in [1.165, 1.54) is 0 Å². The third kappa shape index (κ3) is 4.25. The molecule has 162 valence electrons. The van der Waals surface area contributed by atoms with Crippen LogP contribution in [0.1, 0.15) is 16.8 Å². The number of nitrogens with zero attached hydrogens (tertiary/aromatic N) is 3. The highest BCUT2D eigenvalue weighted by atomic mass is 16.5. The average Bonchev–Trinajstić information content (AvgIpc) is 3.24. The zero-order valence-electron chi connectivity index (χ0n) is 17.5. The van der Waals surface area contributed by atoms with Crippen molar-refractivity contribution in [1.29, 1.82) is 5.26 Å². The molecule has 2 N–H and O–H groups in total. The Morgan fingerprint density at radius 1 is 1.06 bits per heavy atom. The van der Waals surface area contributed by atoms with E-state index in [-0.39, 0.29) is 24.8 Å². The number of benzene rings is 3. The molecule has 0 saturated carbocycles. The Bertz CT molecular complexity index is 1430. The quantitative estimate of drug-likeness (QED) is 0.438. The summed E-state index contributed by atoms with van der Waals surface area (Å²) in [5.74, 6) is 0.358. The largest absolute Gasteiger partial charge is 0.456 e. The number of fused-ring (bicyclic) bond motifs is 4. The van der Waals surface area contributed by atoms with Gasteiger partial charge in [-0.2, -0.15) is 5.26 Å². The number of anilines is 1. The lowest BCUT2D eigenvalue weighted by atomic mass is 10.1. The van der Waals surface area contributed by atoms with Gasteiger partial charge >= 0.3 is 0 Å². The van der Waals surface area contributed by atoms with Crippen molar-refractivity contribution in [3.05, 3.63) is 83.9 Å². The van der Waals surface area contributed by atoms with Crippen LogP contribution in [-0.4, -0.2) is 27.9 Å². The molecule has 0 atom stereocenters. The molecular weight excluding hydrogens is 418 g/mol. The number of carbonyl (C=O) groups is 2. The summed E-state index contributed by atoms with van der Waals surface area (Å²) < 4.78 is 7.97. The lowest BCUT2D eigenvalue weighted by Crippen LogP contribution is -2.34. The van der Waals surface area contributed by atoms with Crippen molar-refractivity contribution >= 4 is 28.3 Å². The molecule has 5 rings (SSSR count). The van der Waals surface area contributed by atoms with Gasteiger partial charge in [0.05, 0.1) is 24.9 Å². The van der Waals surface area contributed by atoms with E-state index in [0.717, 1.165) is 16.3 Å². The van der Waals surface area contributed by atoms with E-state index < -0.39 is 0 Å². The maximum absolute atomic E-state index is 12.5. The summed E-state index contributed by atoms with van der Waals surface area (Å²) in [5.41, 5.74) is 2.62. The SMILES string of the molecule is N#Cc1ccc2cc1Oc1ccc3cccc(c3c1)NC(=O)CNC(=O)Cc1cncn1C2. The minimum Gasteiger partial charge on any atom is -0.456 e. The second-order valence-electron chi connectivity index (χ2n) is 7.75. The highest BCUT2D eigenvalue weighted by Crippen LogP contribution is 2.32. The number of amides is 2. The number of hydrogen-bond acceptors (Lipinski definition) is 5. The summed E-state index contributed by atoms with van der Waals surface area (Å²) in [6.45, 7) is 0.304. The fourth-order valence-electron chi connectivity index (χ4n) is 3.83. The van der Waals surface area contributed by atoms with Crippen molar-refractivity contribution in [3.63, 3.8) is 0 Å². The molecule has 1 aromatic heterocycles. The highest BCUT2D eigenvalue weighted by molar-refractivity contribution is 6.03. The Labute approximate surface area is 189 Å². The third-order valence-corrected chi connectivity index (χ3v) is 5.46. The lowest BCUT2D eigenvalue weighted by molar-refractivity contribution is -0.123. The molecule has 33 heavy (non-hydrogen) atoms. The van der Waals surface area contributed by atoms with Gasteiger partial charge in [-0.3, -0.25) is 9.59 Å². The summed E-state index contributed by atoms with van der Waals surface area (Å²) >= 11 is 0. The number of ether oxygens (including phenoxy) is 1. The molecule has 0 spiro atoms. The molecule has 3 aromatic carbocycles. The van der Waals surface area contributed by atoms with E-state index in [1.54, 1.807) is 24.7 Å². The Balaban J connectivity index is 1.61. The molecule has 0 aliphatic carbocycles. The Morgan fingerprint density at radius 3 is 2.85 bits per heavy atom. The molecule has 0 radical (unpaired) electrons. The minimum absolute atomic E-state index is 0.0866. The van der Waals surface area contributed by atoms with E-state index in [4.69, 9.17) is 4.74 Å². The van der Waals surface area contributed by atoms with E-state index >= 15 is 0 Å². The van der Waals surface area contributed by atoms with E-state index in [0.29, 0.717) is 35.0 Å². The maximum Gasteiger partial charge on any atom is 0.243 e. The lowest BCUT2D eigenvalue weighted by Gasteiger charge is -2.13. The molecule has 1 aliphatic rings. The highest BCUT2D eigenvalue weighted by Gasteiger charge is 2.14. The van der Waals surface area contributed by atoms with Gasteiger partial charge in [0.15, 0.2) is 0 Å². The summed E-state index contributed by atoms with van der Waals surface area (Å²) in [6, 6.07) is 18.7. The van der Waals surface area contributed by atoms with Gasteiger partial charge in [0.2, 0.25) is 11.8 Å². The van der Waals surface area contributed by atoms with Crippen molar-refractivity contribution in [3.8, 4) is 17.6 Å². The molecule has 0 saturated heterocycles. The first-order valence-electron chi connectivity index (χ1n) is 10.4. The van der Waals surface area contributed by atoms with Gasteiger partial charge in [0.1, 0.15) is 17.6 Å². The van der Waals surface area contributed by atoms with Gasteiger partial charge in [0.25, 0.3) is 0 Å². The summed E-state index contributed by atoms with van der Waals surface area (Å²) in [4.78, 5) is 29.1. The average molecular weight is 437 g/mol. The number of nitrogens with one attached hydrogen (secondary N) is 2. The molecule has 4 bridgehead atoms. The van der Waals surface area contributed by atoms with Crippen LogP contribution >= 0.6 is 0 Å². The van der Waals surface area contributed by atoms with Crippen LogP contribution in [0.5, 0.6) is 11.5 Å². The van der Waals surface area contributed by atoms with Crippen molar-refractivity contribution in [2.45, 2.75) is 13.0 Å². The number of imidazole rings is 1. The molecule has 1 aliphatic heterocycles. The van der Waals surface area contributed by atoms with Gasteiger partial charge in [-0.25, -0.2) is 4.98 Å². The molecule has 0 unspecified atom stereocenters. The van der Waals surface area contributed by atoms with E-state index in [9.17, 15) is 14.9 Å². The number of rotatable bonds is 0. The molecule has 2 amide bonds. The standard InChI is InChI=1S/C25H19N5O3/c26-11-18-5-4-16-8-23(18)33-20-7-6-17-2-1-3-22(21(17)10-20)29-25(32)13-28-24(31)9-19-12-27-15-30(19)14-16/h1-8,10,12,15H,9,13-14H2,(H,28,31)(H,29,32). The van der Waals surface area contributed by atoms with Crippen LogP contribution in [0.2, 0.25) is 0 Å². The monoisotopic (exact) mass is 437 g/mol. The number of aromatic nitrogens is 2. The van der Waals surface area contributed by atoms with Crippen LogP contribution in [0.4, 0.5) is 5.69 Å². The van der Waals surface area contributed by atoms with Gasteiger partial charge in [0, 0.05) is 29.5 Å². The summed E-state index contributed by atoms with van der Waals surface area (Å²) in [6.07, 6.45) is 3.36. The van der Waals surface area contributed by atoms with E-state index in [1.807, 2.05) is 47.0 Å². The maximum atomic E-state index is 12.5. The van der Waals surface area contributed by atoms with Crippen LogP contribution in [-0.2, 0) is 22.6 Å². The fraction of sp³-hybridized carbons (Fsp3) is 0.120. The van der Waals surface area contributed by atoms with Crippen molar-refractivity contribution in [2.75, 3.05) is 11.9 Å². The Kier molecular flexibility index (Phi) is 5.21. The predicted octanol–water partition coefficient (Wildman–Crippen LogP) is 3.36. The van der Waals surface area contributed by atoms with Crippen LogP contribution < -0.4 is 15.4 Å². The second kappa shape index (κ2) is 8.48. The molecular formula is C25H19N5O3. The van der Waals surface area contributed by atoms with Crippen molar-refractivity contribution in [2.24, 2.45) is 0 Å². The van der Waals surface area contributed by atoms with Crippen LogP contribution in [0, 0.1) is 11.3 Å². The van der Waals surface area contributed by atoms with Gasteiger partial charge in [-0.1, -0.05) is 24.3 Å². The third-order valence-electron chi connectivity index (χ3n) is 5.46. The van der Waals surface area contributed by atoms with Gasteiger partial charge < -0.3 is 19.9 Å². The number of carbonyl (C=O) groups excluding carboxylic acids is 2. The van der Waals surface area contributed by atoms with Crippen LogP contribution in [0.15, 0.2) is 67.1 Å².